The van der Waals surface area contributed by atoms with Crippen LogP contribution < -0.4 is 0 Å². The zero-order valence-electron chi connectivity index (χ0n) is 14.0. The van der Waals surface area contributed by atoms with Gasteiger partial charge in [-0.2, -0.15) is 10.2 Å². The van der Waals surface area contributed by atoms with Crippen LogP contribution in [0.3, 0.4) is 0 Å². The molecule has 0 N–H and O–H groups in total. The van der Waals surface area contributed by atoms with E-state index in [0.29, 0.717) is 0 Å². The molecule has 0 unspecified atom stereocenters. The zero-order chi connectivity index (χ0) is 17.6. The number of nitrogens with zero attached hydrogens (tertiary/aromatic N) is 8. The molecule has 0 aromatic carbocycles. The minimum absolute atomic E-state index is 0.837. The Labute approximate surface area is 155 Å². The molecule has 4 aromatic rings. The standard InChI is InChI=1S/C14H14N8S3/c1-7-9(5-21(3)19-7)11-15-17-13(23-11)25-14-18-16-12(24-14)10-6-22(4)20-8(10)2/h5-6H,1-4H3. The average Bonchev–Trinajstić information content (AvgIpc) is 3.29. The molecule has 4 heterocycles. The van der Waals surface area contributed by atoms with Crippen molar-refractivity contribution in [3.63, 3.8) is 0 Å². The van der Waals surface area contributed by atoms with Crippen molar-refractivity contribution in [1.29, 1.82) is 0 Å². The molecule has 0 amide bonds. The molecule has 128 valence electrons. The molecule has 0 bridgehead atoms. The molecule has 8 nitrogen and oxygen atoms in total. The van der Waals surface area contributed by atoms with Gasteiger partial charge in [0.2, 0.25) is 0 Å². The van der Waals surface area contributed by atoms with Crippen LogP contribution in [0.5, 0.6) is 0 Å². The molecule has 0 aliphatic rings. The lowest BCUT2D eigenvalue weighted by Crippen LogP contribution is -1.86. The zero-order valence-corrected chi connectivity index (χ0v) is 16.4. The van der Waals surface area contributed by atoms with Crippen LogP contribution in [0.1, 0.15) is 11.4 Å². The fourth-order valence-electron chi connectivity index (χ4n) is 2.41. The summed E-state index contributed by atoms with van der Waals surface area (Å²) in [6, 6.07) is 0. The fraction of sp³-hybridized carbons (Fsp3) is 0.286. The van der Waals surface area contributed by atoms with Gasteiger partial charge < -0.3 is 0 Å². The predicted molar refractivity (Wildman–Crippen MR) is 97.8 cm³/mol. The van der Waals surface area contributed by atoms with E-state index in [9.17, 15) is 0 Å². The smallest absolute Gasteiger partial charge is 0.181 e. The number of aryl methyl sites for hydroxylation is 4. The fourth-order valence-corrected chi connectivity index (χ4v) is 5.44. The van der Waals surface area contributed by atoms with Gasteiger partial charge in [-0.25, -0.2) is 0 Å². The maximum atomic E-state index is 4.35. The minimum atomic E-state index is 0.837. The van der Waals surface area contributed by atoms with Gasteiger partial charge >= 0.3 is 0 Å². The Morgan fingerprint density at radius 2 is 1.20 bits per heavy atom. The Kier molecular flexibility index (Phi) is 4.13. The van der Waals surface area contributed by atoms with Gasteiger partial charge in [0.15, 0.2) is 18.7 Å². The van der Waals surface area contributed by atoms with Crippen molar-refractivity contribution in [1.82, 2.24) is 40.0 Å². The summed E-state index contributed by atoms with van der Waals surface area (Å²) in [7, 11) is 3.80. The Bertz CT molecular complexity index is 958. The molecule has 4 aromatic heterocycles. The van der Waals surface area contributed by atoms with Crippen LogP contribution in [0, 0.1) is 13.8 Å². The van der Waals surface area contributed by atoms with Crippen molar-refractivity contribution in [2.45, 2.75) is 22.5 Å². The second-order valence-electron chi connectivity index (χ2n) is 5.45. The number of rotatable bonds is 4. The monoisotopic (exact) mass is 390 g/mol. The van der Waals surface area contributed by atoms with Crippen LogP contribution >= 0.6 is 34.4 Å². The summed E-state index contributed by atoms with van der Waals surface area (Å²) in [5, 5.41) is 27.5. The molecule has 0 fully saturated rings. The number of hydrogen-bond donors (Lipinski definition) is 0. The molecule has 4 rings (SSSR count). The average molecular weight is 391 g/mol. The summed E-state index contributed by atoms with van der Waals surface area (Å²) in [5.74, 6) is 0. The highest BCUT2D eigenvalue weighted by molar-refractivity contribution is 8.02. The van der Waals surface area contributed by atoms with Gasteiger partial charge in [-0.05, 0) is 25.6 Å². The highest BCUT2D eigenvalue weighted by Crippen LogP contribution is 2.37. The van der Waals surface area contributed by atoms with Crippen molar-refractivity contribution in [3.8, 4) is 21.1 Å². The molecule has 11 heteroatoms. The molecule has 0 aliphatic heterocycles. The van der Waals surface area contributed by atoms with E-state index in [1.54, 1.807) is 9.36 Å². The van der Waals surface area contributed by atoms with Crippen LogP contribution in [-0.4, -0.2) is 40.0 Å². The number of aromatic nitrogens is 8. The summed E-state index contributed by atoms with van der Waals surface area (Å²) in [5.41, 5.74) is 3.91. The van der Waals surface area contributed by atoms with E-state index < -0.39 is 0 Å². The highest BCUT2D eigenvalue weighted by Gasteiger charge is 2.16. The first-order chi connectivity index (χ1) is 12.0. The summed E-state index contributed by atoms with van der Waals surface area (Å²) in [4.78, 5) is 0. The summed E-state index contributed by atoms with van der Waals surface area (Å²) < 4.78 is 5.24. The first-order valence-corrected chi connectivity index (χ1v) is 9.80. The Morgan fingerprint density at radius 3 is 1.56 bits per heavy atom. The van der Waals surface area contributed by atoms with Crippen molar-refractivity contribution in [2.24, 2.45) is 14.1 Å². The van der Waals surface area contributed by atoms with E-state index in [0.717, 1.165) is 41.2 Å². The van der Waals surface area contributed by atoms with Gasteiger partial charge in [0.05, 0.1) is 22.5 Å². The maximum Gasteiger partial charge on any atom is 0.181 e. The van der Waals surface area contributed by atoms with Crippen LogP contribution in [0.4, 0.5) is 0 Å². The molecular weight excluding hydrogens is 376 g/mol. The maximum absolute atomic E-state index is 4.35. The van der Waals surface area contributed by atoms with E-state index in [1.807, 2.05) is 40.3 Å². The molecular formula is C14H14N8S3. The normalized spacial score (nSPS) is 11.4. The molecule has 0 saturated heterocycles. The second kappa shape index (κ2) is 6.32. The van der Waals surface area contributed by atoms with E-state index in [4.69, 9.17) is 0 Å². The van der Waals surface area contributed by atoms with Crippen LogP contribution in [-0.2, 0) is 14.1 Å². The van der Waals surface area contributed by atoms with Gasteiger partial charge in [0.25, 0.3) is 0 Å². The summed E-state index contributed by atoms with van der Waals surface area (Å²) in [6.45, 7) is 3.94. The topological polar surface area (TPSA) is 87.2 Å². The van der Waals surface area contributed by atoms with Gasteiger partial charge in [-0.3, -0.25) is 9.36 Å². The van der Waals surface area contributed by atoms with E-state index in [2.05, 4.69) is 30.6 Å². The predicted octanol–water partition coefficient (Wildman–Crippen LogP) is 2.96. The van der Waals surface area contributed by atoms with Crippen LogP contribution in [0.25, 0.3) is 21.1 Å². The highest BCUT2D eigenvalue weighted by atomic mass is 32.2. The number of hydrogen-bond acceptors (Lipinski definition) is 9. The molecule has 0 aliphatic carbocycles. The first-order valence-electron chi connectivity index (χ1n) is 7.35. The third-order valence-electron chi connectivity index (χ3n) is 3.48. The molecule has 0 saturated carbocycles. The molecule has 0 atom stereocenters. The van der Waals surface area contributed by atoms with Crippen molar-refractivity contribution >= 4 is 34.4 Å². The van der Waals surface area contributed by atoms with Crippen molar-refractivity contribution < 1.29 is 0 Å². The van der Waals surface area contributed by atoms with E-state index in [1.165, 1.54) is 34.4 Å². The molecule has 0 spiro atoms. The summed E-state index contributed by atoms with van der Waals surface area (Å²) in [6.07, 6.45) is 3.91. The van der Waals surface area contributed by atoms with E-state index in [-0.39, 0.29) is 0 Å². The van der Waals surface area contributed by atoms with Crippen LogP contribution in [0.15, 0.2) is 21.1 Å². The lowest BCUT2D eigenvalue weighted by Gasteiger charge is -1.89. The van der Waals surface area contributed by atoms with E-state index >= 15 is 0 Å². The van der Waals surface area contributed by atoms with Crippen LogP contribution in [0.2, 0.25) is 0 Å². The largest absolute Gasteiger partial charge is 0.275 e. The molecule has 25 heavy (non-hydrogen) atoms. The minimum Gasteiger partial charge on any atom is -0.275 e. The van der Waals surface area contributed by atoms with Gasteiger partial charge in [0, 0.05) is 26.5 Å². The summed E-state index contributed by atoms with van der Waals surface area (Å²) >= 11 is 4.54. The lowest BCUT2D eigenvalue weighted by atomic mass is 10.3. The second-order valence-corrected chi connectivity index (χ2v) is 8.90. The van der Waals surface area contributed by atoms with Crippen molar-refractivity contribution in [3.05, 3.63) is 23.8 Å². The lowest BCUT2D eigenvalue weighted by molar-refractivity contribution is 0.756. The third kappa shape index (κ3) is 3.22. The van der Waals surface area contributed by atoms with Crippen molar-refractivity contribution in [2.75, 3.05) is 0 Å². The SMILES string of the molecule is Cc1nn(C)cc1-c1nnc(Sc2nnc(-c3cn(C)nc3C)s2)s1. The quantitative estimate of drug-likeness (QED) is 0.529. The van der Waals surface area contributed by atoms with Gasteiger partial charge in [-0.1, -0.05) is 22.7 Å². The van der Waals surface area contributed by atoms with Gasteiger partial charge in [-0.15, -0.1) is 20.4 Å². The Hall–Kier alpha value is -2.11. The first kappa shape index (κ1) is 16.4. The van der Waals surface area contributed by atoms with Gasteiger partial charge in [0.1, 0.15) is 0 Å². The third-order valence-corrected chi connectivity index (χ3v) is 6.49. The Morgan fingerprint density at radius 1 is 0.760 bits per heavy atom. The Balaban J connectivity index is 1.56. The molecule has 0 radical (unpaired) electrons.